The first-order chi connectivity index (χ1) is 9.29. The summed E-state index contributed by atoms with van der Waals surface area (Å²) in [4.78, 5) is 16.7. The predicted octanol–water partition coefficient (Wildman–Crippen LogP) is 0.999. The zero-order chi connectivity index (χ0) is 13.2. The average molecular weight is 259 g/mol. The van der Waals surface area contributed by atoms with Crippen molar-refractivity contribution in [2.45, 2.75) is 25.3 Å². The largest absolute Gasteiger partial charge is 0.329 e. The van der Waals surface area contributed by atoms with E-state index in [2.05, 4.69) is 17.0 Å². The molecule has 0 bridgehead atoms. The van der Waals surface area contributed by atoms with Crippen LogP contribution in [0.4, 0.5) is 5.69 Å². The van der Waals surface area contributed by atoms with Gasteiger partial charge in [0.1, 0.15) is 0 Å². The fourth-order valence-electron chi connectivity index (χ4n) is 3.26. The molecule has 1 aromatic carbocycles. The third-order valence-electron chi connectivity index (χ3n) is 4.23. The standard InChI is InChI=1S/C15H21N3O/c16-7-10-17-8-5-13(6-9-17)18-14-4-2-1-3-12(14)11-15(18)19/h1-4,13H,5-11,16H2. The van der Waals surface area contributed by atoms with Gasteiger partial charge in [-0.25, -0.2) is 0 Å². The lowest BCUT2D eigenvalue weighted by molar-refractivity contribution is -0.118. The van der Waals surface area contributed by atoms with E-state index < -0.39 is 0 Å². The topological polar surface area (TPSA) is 49.6 Å². The number of nitrogens with two attached hydrogens (primary N) is 1. The quantitative estimate of drug-likeness (QED) is 0.881. The van der Waals surface area contributed by atoms with Gasteiger partial charge >= 0.3 is 0 Å². The lowest BCUT2D eigenvalue weighted by Crippen LogP contribution is -2.47. The summed E-state index contributed by atoms with van der Waals surface area (Å²) >= 11 is 0. The molecule has 0 saturated carbocycles. The average Bonchev–Trinajstić information content (AvgIpc) is 2.76. The van der Waals surface area contributed by atoms with Gasteiger partial charge in [0.15, 0.2) is 0 Å². The second kappa shape index (κ2) is 5.31. The van der Waals surface area contributed by atoms with Gasteiger partial charge in [-0.05, 0) is 24.5 Å². The number of carbonyl (C=O) groups excluding carboxylic acids is 1. The highest BCUT2D eigenvalue weighted by Crippen LogP contribution is 2.33. The number of para-hydroxylation sites is 1. The van der Waals surface area contributed by atoms with Crippen molar-refractivity contribution in [2.24, 2.45) is 5.73 Å². The van der Waals surface area contributed by atoms with Crippen LogP contribution in [0.15, 0.2) is 24.3 Å². The fraction of sp³-hybridized carbons (Fsp3) is 0.533. The molecule has 2 heterocycles. The molecule has 0 aliphatic carbocycles. The highest BCUT2D eigenvalue weighted by atomic mass is 16.2. The molecular formula is C15H21N3O. The van der Waals surface area contributed by atoms with E-state index in [9.17, 15) is 4.79 Å². The van der Waals surface area contributed by atoms with Crippen molar-refractivity contribution in [3.8, 4) is 0 Å². The van der Waals surface area contributed by atoms with Crippen LogP contribution in [0.25, 0.3) is 0 Å². The molecule has 0 radical (unpaired) electrons. The van der Waals surface area contributed by atoms with Gasteiger partial charge in [-0.3, -0.25) is 4.79 Å². The summed E-state index contributed by atoms with van der Waals surface area (Å²) in [6, 6.07) is 8.54. The maximum absolute atomic E-state index is 12.2. The van der Waals surface area contributed by atoms with Crippen LogP contribution < -0.4 is 10.6 Å². The van der Waals surface area contributed by atoms with E-state index in [-0.39, 0.29) is 5.91 Å². The van der Waals surface area contributed by atoms with Crippen molar-refractivity contribution >= 4 is 11.6 Å². The van der Waals surface area contributed by atoms with Crippen LogP contribution in [0.1, 0.15) is 18.4 Å². The number of hydrogen-bond donors (Lipinski definition) is 1. The molecule has 102 valence electrons. The molecule has 2 aliphatic heterocycles. The number of piperidine rings is 1. The summed E-state index contributed by atoms with van der Waals surface area (Å²) in [6.07, 6.45) is 2.68. The van der Waals surface area contributed by atoms with Crippen molar-refractivity contribution in [2.75, 3.05) is 31.1 Å². The highest BCUT2D eigenvalue weighted by molar-refractivity contribution is 6.01. The first-order valence-corrected chi connectivity index (χ1v) is 7.12. The van der Waals surface area contributed by atoms with Gasteiger partial charge in [-0.1, -0.05) is 18.2 Å². The molecule has 3 rings (SSSR count). The van der Waals surface area contributed by atoms with Crippen LogP contribution in [0.5, 0.6) is 0 Å². The van der Waals surface area contributed by atoms with E-state index in [4.69, 9.17) is 5.73 Å². The van der Waals surface area contributed by atoms with E-state index in [1.807, 2.05) is 17.0 Å². The van der Waals surface area contributed by atoms with E-state index in [1.165, 1.54) is 5.56 Å². The second-order valence-electron chi connectivity index (χ2n) is 5.43. The number of hydrogen-bond acceptors (Lipinski definition) is 3. The molecule has 0 unspecified atom stereocenters. The normalized spacial score (nSPS) is 20.9. The van der Waals surface area contributed by atoms with Crippen LogP contribution in [0, 0.1) is 0 Å². The number of nitrogens with zero attached hydrogens (tertiary/aromatic N) is 2. The summed E-state index contributed by atoms with van der Waals surface area (Å²) in [6.45, 7) is 3.79. The Balaban J connectivity index is 1.72. The molecule has 0 spiro atoms. The molecule has 19 heavy (non-hydrogen) atoms. The third kappa shape index (κ3) is 2.38. The fourth-order valence-corrected chi connectivity index (χ4v) is 3.26. The van der Waals surface area contributed by atoms with E-state index in [1.54, 1.807) is 0 Å². The van der Waals surface area contributed by atoms with Crippen LogP contribution in [-0.2, 0) is 11.2 Å². The number of rotatable bonds is 3. The monoisotopic (exact) mass is 259 g/mol. The highest BCUT2D eigenvalue weighted by Gasteiger charge is 2.34. The number of anilines is 1. The Kier molecular flexibility index (Phi) is 3.53. The minimum Gasteiger partial charge on any atom is -0.329 e. The summed E-state index contributed by atoms with van der Waals surface area (Å²) in [5.41, 5.74) is 7.90. The van der Waals surface area contributed by atoms with E-state index in [0.29, 0.717) is 12.5 Å². The van der Waals surface area contributed by atoms with Gasteiger partial charge in [0.25, 0.3) is 0 Å². The van der Waals surface area contributed by atoms with Crippen LogP contribution in [0.3, 0.4) is 0 Å². The molecule has 2 N–H and O–H groups in total. The second-order valence-corrected chi connectivity index (χ2v) is 5.43. The Morgan fingerprint density at radius 3 is 2.68 bits per heavy atom. The van der Waals surface area contributed by atoms with Crippen molar-refractivity contribution in [1.82, 2.24) is 4.90 Å². The molecule has 1 fully saturated rings. The molecule has 1 aromatic rings. The number of likely N-dealkylation sites (tertiary alicyclic amines) is 1. The van der Waals surface area contributed by atoms with Crippen LogP contribution in [-0.4, -0.2) is 43.0 Å². The van der Waals surface area contributed by atoms with Crippen molar-refractivity contribution in [3.05, 3.63) is 29.8 Å². The summed E-state index contributed by atoms with van der Waals surface area (Å²) < 4.78 is 0. The van der Waals surface area contributed by atoms with Crippen LogP contribution in [0.2, 0.25) is 0 Å². The molecule has 1 amide bonds. The first kappa shape index (κ1) is 12.6. The number of fused-ring (bicyclic) bond motifs is 1. The van der Waals surface area contributed by atoms with Crippen LogP contribution >= 0.6 is 0 Å². The number of carbonyl (C=O) groups is 1. The zero-order valence-electron chi connectivity index (χ0n) is 11.2. The number of amides is 1. The Morgan fingerprint density at radius 1 is 1.21 bits per heavy atom. The van der Waals surface area contributed by atoms with Gasteiger partial charge < -0.3 is 15.5 Å². The third-order valence-corrected chi connectivity index (χ3v) is 4.23. The Bertz CT molecular complexity index is 466. The lowest BCUT2D eigenvalue weighted by Gasteiger charge is -2.36. The first-order valence-electron chi connectivity index (χ1n) is 7.12. The smallest absolute Gasteiger partial charge is 0.231 e. The van der Waals surface area contributed by atoms with Crippen molar-refractivity contribution in [3.63, 3.8) is 0 Å². The molecule has 4 nitrogen and oxygen atoms in total. The summed E-state index contributed by atoms with van der Waals surface area (Å²) in [5.74, 6) is 0.262. The minimum atomic E-state index is 0.262. The Labute approximate surface area is 114 Å². The van der Waals surface area contributed by atoms with Gasteiger partial charge in [0, 0.05) is 37.9 Å². The van der Waals surface area contributed by atoms with Crippen molar-refractivity contribution < 1.29 is 4.79 Å². The zero-order valence-corrected chi connectivity index (χ0v) is 11.2. The molecule has 0 aromatic heterocycles. The van der Waals surface area contributed by atoms with Gasteiger partial charge in [-0.15, -0.1) is 0 Å². The Hall–Kier alpha value is -1.39. The SMILES string of the molecule is NCCN1CCC(N2C(=O)Cc3ccccc32)CC1. The molecule has 0 atom stereocenters. The minimum absolute atomic E-state index is 0.262. The van der Waals surface area contributed by atoms with E-state index in [0.717, 1.165) is 44.7 Å². The maximum Gasteiger partial charge on any atom is 0.231 e. The summed E-state index contributed by atoms with van der Waals surface area (Å²) in [5, 5.41) is 0. The van der Waals surface area contributed by atoms with Gasteiger partial charge in [0.05, 0.1) is 6.42 Å². The number of benzene rings is 1. The maximum atomic E-state index is 12.2. The summed E-state index contributed by atoms with van der Waals surface area (Å²) in [7, 11) is 0. The van der Waals surface area contributed by atoms with Crippen molar-refractivity contribution in [1.29, 1.82) is 0 Å². The van der Waals surface area contributed by atoms with Gasteiger partial charge in [0.2, 0.25) is 5.91 Å². The van der Waals surface area contributed by atoms with Gasteiger partial charge in [-0.2, -0.15) is 0 Å². The molecule has 1 saturated heterocycles. The lowest BCUT2D eigenvalue weighted by atomic mass is 10.0. The predicted molar refractivity (Wildman–Crippen MR) is 76.1 cm³/mol. The molecular weight excluding hydrogens is 238 g/mol. The Morgan fingerprint density at radius 2 is 1.95 bits per heavy atom. The molecule has 4 heteroatoms. The van der Waals surface area contributed by atoms with E-state index >= 15 is 0 Å². The molecule has 2 aliphatic rings.